The summed E-state index contributed by atoms with van der Waals surface area (Å²) in [5, 5.41) is 0.549. The van der Waals surface area contributed by atoms with Gasteiger partial charge in [-0.3, -0.25) is 0 Å². The molecule has 9 heteroatoms. The van der Waals surface area contributed by atoms with Crippen LogP contribution in [-0.2, 0) is 24.8 Å². The first-order valence-electron chi connectivity index (χ1n) is 7.50. The fraction of sp³-hybridized carbons (Fsp3) is 0.176. The Morgan fingerprint density at radius 2 is 1.88 bits per heavy atom. The minimum Gasteiger partial charge on any atom is -0.468 e. The standard InChI is InChI=1S/C17H14ClF2NO4S/c18-12-4-1-10(2-5-12)15-8-16(17(21)24-15)25-26(22,23)9-11-3-6-13(19)7-14(11)20/h1-7,15H,8-9,21H2. The molecule has 1 aliphatic heterocycles. The van der Waals surface area contributed by atoms with Crippen LogP contribution in [0.4, 0.5) is 8.78 Å². The normalized spacial score (nSPS) is 17.3. The molecule has 138 valence electrons. The van der Waals surface area contributed by atoms with E-state index in [0.717, 1.165) is 17.7 Å². The van der Waals surface area contributed by atoms with Gasteiger partial charge in [0.2, 0.25) is 5.88 Å². The lowest BCUT2D eigenvalue weighted by Crippen LogP contribution is -2.11. The molecular weight excluding hydrogens is 388 g/mol. The highest BCUT2D eigenvalue weighted by molar-refractivity contribution is 7.86. The van der Waals surface area contributed by atoms with Crippen LogP contribution in [0.1, 0.15) is 23.7 Å². The van der Waals surface area contributed by atoms with Crippen molar-refractivity contribution in [1.29, 1.82) is 0 Å². The van der Waals surface area contributed by atoms with Gasteiger partial charge >= 0.3 is 10.1 Å². The number of benzene rings is 2. The zero-order chi connectivity index (χ0) is 18.9. The van der Waals surface area contributed by atoms with Crippen molar-refractivity contribution in [2.75, 3.05) is 0 Å². The molecule has 0 aromatic heterocycles. The van der Waals surface area contributed by atoms with E-state index in [0.29, 0.717) is 11.1 Å². The van der Waals surface area contributed by atoms with Crippen LogP contribution >= 0.6 is 11.6 Å². The van der Waals surface area contributed by atoms with Gasteiger partial charge in [0.1, 0.15) is 23.5 Å². The van der Waals surface area contributed by atoms with Crippen LogP contribution in [0.3, 0.4) is 0 Å². The van der Waals surface area contributed by atoms with Gasteiger partial charge in [-0.05, 0) is 23.8 Å². The highest BCUT2D eigenvalue weighted by Gasteiger charge is 2.30. The molecule has 26 heavy (non-hydrogen) atoms. The Labute approximate surface area is 154 Å². The van der Waals surface area contributed by atoms with Crippen molar-refractivity contribution in [3.05, 3.63) is 81.9 Å². The van der Waals surface area contributed by atoms with E-state index in [1.54, 1.807) is 24.3 Å². The average Bonchev–Trinajstić information content (AvgIpc) is 2.91. The van der Waals surface area contributed by atoms with Gasteiger partial charge < -0.3 is 14.7 Å². The van der Waals surface area contributed by atoms with Crippen molar-refractivity contribution in [2.45, 2.75) is 18.3 Å². The molecule has 1 aliphatic rings. The molecular formula is C17H14ClF2NO4S. The van der Waals surface area contributed by atoms with Crippen molar-refractivity contribution in [3.63, 3.8) is 0 Å². The minimum absolute atomic E-state index is 0.0625. The van der Waals surface area contributed by atoms with Gasteiger partial charge in [0.15, 0.2) is 5.76 Å². The third-order valence-corrected chi connectivity index (χ3v) is 5.10. The minimum atomic E-state index is -4.20. The molecule has 0 aliphatic carbocycles. The second kappa shape index (κ2) is 7.13. The molecule has 0 spiro atoms. The Morgan fingerprint density at radius 1 is 1.19 bits per heavy atom. The SMILES string of the molecule is NC1=C(OS(=O)(=O)Cc2ccc(F)cc2F)CC(c2ccc(Cl)cc2)O1. The number of hydrogen-bond acceptors (Lipinski definition) is 5. The van der Waals surface area contributed by atoms with Crippen LogP contribution in [-0.4, -0.2) is 8.42 Å². The largest absolute Gasteiger partial charge is 0.468 e. The quantitative estimate of drug-likeness (QED) is 0.772. The Kier molecular flexibility index (Phi) is 5.06. The van der Waals surface area contributed by atoms with E-state index in [1.165, 1.54) is 0 Å². The lowest BCUT2D eigenvalue weighted by atomic mass is 10.1. The molecule has 2 aromatic rings. The second-order valence-electron chi connectivity index (χ2n) is 5.67. The molecule has 0 bridgehead atoms. The highest BCUT2D eigenvalue weighted by Crippen LogP contribution is 2.36. The molecule has 2 aromatic carbocycles. The molecule has 0 saturated carbocycles. The molecule has 0 radical (unpaired) electrons. The predicted octanol–water partition coefficient (Wildman–Crippen LogP) is 3.75. The first kappa shape index (κ1) is 18.5. The summed E-state index contributed by atoms with van der Waals surface area (Å²) in [5.74, 6) is -2.76. The molecule has 0 amide bonds. The molecule has 1 unspecified atom stereocenters. The summed E-state index contributed by atoms with van der Waals surface area (Å²) >= 11 is 5.83. The number of nitrogens with two attached hydrogens (primary N) is 1. The van der Waals surface area contributed by atoms with Gasteiger partial charge in [0, 0.05) is 16.7 Å². The van der Waals surface area contributed by atoms with Crippen LogP contribution < -0.4 is 5.73 Å². The van der Waals surface area contributed by atoms with Crippen LogP contribution in [0.5, 0.6) is 0 Å². The Bertz CT molecular complexity index is 961. The van der Waals surface area contributed by atoms with E-state index in [1.807, 2.05) is 0 Å². The molecule has 1 heterocycles. The van der Waals surface area contributed by atoms with Crippen molar-refractivity contribution < 1.29 is 26.1 Å². The molecule has 1 atom stereocenters. The first-order chi connectivity index (χ1) is 12.2. The number of hydrogen-bond donors (Lipinski definition) is 1. The van der Waals surface area contributed by atoms with Gasteiger partial charge in [0.05, 0.1) is 6.42 Å². The van der Waals surface area contributed by atoms with Crippen LogP contribution in [0.2, 0.25) is 5.02 Å². The van der Waals surface area contributed by atoms with Crippen molar-refractivity contribution in [3.8, 4) is 0 Å². The van der Waals surface area contributed by atoms with Crippen LogP contribution in [0.15, 0.2) is 54.1 Å². The van der Waals surface area contributed by atoms with Gasteiger partial charge in [0.25, 0.3) is 0 Å². The first-order valence-corrected chi connectivity index (χ1v) is 9.46. The molecule has 0 saturated heterocycles. The third-order valence-electron chi connectivity index (χ3n) is 3.73. The molecule has 2 N–H and O–H groups in total. The summed E-state index contributed by atoms with van der Waals surface area (Å²) in [7, 11) is -4.20. The monoisotopic (exact) mass is 401 g/mol. The highest BCUT2D eigenvalue weighted by atomic mass is 35.5. The second-order valence-corrected chi connectivity index (χ2v) is 7.68. The van der Waals surface area contributed by atoms with Gasteiger partial charge in [-0.15, -0.1) is 0 Å². The fourth-order valence-corrected chi connectivity index (χ4v) is 3.74. The molecule has 0 fully saturated rings. The Balaban J connectivity index is 1.71. The number of halogens is 3. The maximum absolute atomic E-state index is 13.7. The molecule has 3 rings (SSSR count). The van der Waals surface area contributed by atoms with E-state index in [4.69, 9.17) is 26.3 Å². The maximum atomic E-state index is 13.7. The van der Waals surface area contributed by atoms with E-state index < -0.39 is 33.6 Å². The average molecular weight is 402 g/mol. The maximum Gasteiger partial charge on any atom is 0.313 e. The number of rotatable bonds is 5. The van der Waals surface area contributed by atoms with E-state index >= 15 is 0 Å². The fourth-order valence-electron chi connectivity index (χ4n) is 2.48. The van der Waals surface area contributed by atoms with Gasteiger partial charge in [-0.25, -0.2) is 8.78 Å². The van der Waals surface area contributed by atoms with Crippen molar-refractivity contribution in [1.82, 2.24) is 0 Å². The smallest absolute Gasteiger partial charge is 0.313 e. The topological polar surface area (TPSA) is 78.6 Å². The van der Waals surface area contributed by atoms with Gasteiger partial charge in [-0.1, -0.05) is 29.8 Å². The summed E-state index contributed by atoms with van der Waals surface area (Å²) in [6.07, 6.45) is -0.418. The number of ether oxygens (including phenoxy) is 1. The van der Waals surface area contributed by atoms with E-state index in [9.17, 15) is 17.2 Å². The zero-order valence-corrected chi connectivity index (χ0v) is 14.9. The summed E-state index contributed by atoms with van der Waals surface area (Å²) in [6.45, 7) is 0. The summed E-state index contributed by atoms with van der Waals surface area (Å²) in [4.78, 5) is 0. The van der Waals surface area contributed by atoms with Crippen molar-refractivity contribution in [2.24, 2.45) is 5.73 Å². The lowest BCUT2D eigenvalue weighted by molar-refractivity contribution is 0.143. The van der Waals surface area contributed by atoms with Crippen molar-refractivity contribution >= 4 is 21.7 Å². The van der Waals surface area contributed by atoms with E-state index in [-0.39, 0.29) is 23.6 Å². The summed E-state index contributed by atoms with van der Waals surface area (Å²) in [5.41, 5.74) is 6.24. The predicted molar refractivity (Wildman–Crippen MR) is 91.2 cm³/mol. The summed E-state index contributed by atoms with van der Waals surface area (Å²) < 4.78 is 61.4. The van der Waals surface area contributed by atoms with Crippen LogP contribution in [0.25, 0.3) is 0 Å². The Morgan fingerprint density at radius 3 is 2.54 bits per heavy atom. The van der Waals surface area contributed by atoms with Gasteiger partial charge in [-0.2, -0.15) is 8.42 Å². The van der Waals surface area contributed by atoms with Crippen LogP contribution in [0, 0.1) is 11.6 Å². The molecule has 5 nitrogen and oxygen atoms in total. The zero-order valence-electron chi connectivity index (χ0n) is 13.3. The summed E-state index contributed by atoms with van der Waals surface area (Å²) in [6, 6.07) is 9.42. The lowest BCUT2D eigenvalue weighted by Gasteiger charge is -2.11. The Hall–Kier alpha value is -2.32. The van der Waals surface area contributed by atoms with E-state index in [2.05, 4.69) is 0 Å². The third kappa shape index (κ3) is 4.25.